The number of hydrogen-bond acceptors (Lipinski definition) is 4. The van der Waals surface area contributed by atoms with Crippen LogP contribution >= 0.6 is 0 Å². The van der Waals surface area contributed by atoms with Crippen molar-refractivity contribution in [2.45, 2.75) is 19.8 Å². The van der Waals surface area contributed by atoms with Crippen LogP contribution in [0.5, 0.6) is 11.5 Å². The van der Waals surface area contributed by atoms with Crippen molar-refractivity contribution >= 4 is 5.69 Å². The summed E-state index contributed by atoms with van der Waals surface area (Å²) in [6, 6.07) is 6.09. The molecular weight excluding hydrogens is 216 g/mol. The quantitative estimate of drug-likeness (QED) is 0.810. The van der Waals surface area contributed by atoms with Gasteiger partial charge in [0.25, 0.3) is 0 Å². The number of rotatable bonds is 4. The molecule has 4 nitrogen and oxygen atoms in total. The summed E-state index contributed by atoms with van der Waals surface area (Å²) >= 11 is 0. The Morgan fingerprint density at radius 1 is 1.29 bits per heavy atom. The van der Waals surface area contributed by atoms with Gasteiger partial charge in [-0.05, 0) is 25.0 Å². The van der Waals surface area contributed by atoms with Crippen LogP contribution in [0.2, 0.25) is 0 Å². The van der Waals surface area contributed by atoms with Crippen molar-refractivity contribution in [3.05, 3.63) is 17.7 Å². The maximum absolute atomic E-state index is 8.46. The summed E-state index contributed by atoms with van der Waals surface area (Å²) in [6.07, 6.45) is 1.43. The number of aryl methyl sites for hydroxylation is 1. The minimum absolute atomic E-state index is 0.580. The van der Waals surface area contributed by atoms with Gasteiger partial charge >= 0.3 is 0 Å². The molecule has 1 heterocycles. The predicted octanol–water partition coefficient (Wildman–Crippen LogP) is 2.48. The third kappa shape index (κ3) is 2.82. The molecule has 0 unspecified atom stereocenters. The van der Waals surface area contributed by atoms with Gasteiger partial charge in [0.1, 0.15) is 13.2 Å². The van der Waals surface area contributed by atoms with Crippen molar-refractivity contribution in [3.8, 4) is 17.6 Å². The van der Waals surface area contributed by atoms with Crippen LogP contribution in [0.25, 0.3) is 0 Å². The van der Waals surface area contributed by atoms with Crippen LogP contribution < -0.4 is 14.8 Å². The number of hydrogen-bond donors (Lipinski definition) is 1. The van der Waals surface area contributed by atoms with E-state index in [1.165, 1.54) is 0 Å². The molecule has 2 rings (SSSR count). The normalized spacial score (nSPS) is 12.9. The molecular formula is C13H16N2O2. The van der Waals surface area contributed by atoms with E-state index in [1.54, 1.807) is 0 Å². The Morgan fingerprint density at radius 3 is 2.71 bits per heavy atom. The van der Waals surface area contributed by atoms with E-state index in [2.05, 4.69) is 11.4 Å². The molecule has 1 N–H and O–H groups in total. The van der Waals surface area contributed by atoms with Gasteiger partial charge in [-0.2, -0.15) is 5.26 Å². The van der Waals surface area contributed by atoms with Crippen molar-refractivity contribution in [3.63, 3.8) is 0 Å². The lowest BCUT2D eigenvalue weighted by atomic mass is 10.1. The van der Waals surface area contributed by atoms with Crippen molar-refractivity contribution in [2.24, 2.45) is 0 Å². The first-order chi connectivity index (χ1) is 8.31. The van der Waals surface area contributed by atoms with Crippen molar-refractivity contribution in [1.29, 1.82) is 5.26 Å². The van der Waals surface area contributed by atoms with Gasteiger partial charge in [0.05, 0.1) is 6.07 Å². The molecule has 1 aromatic carbocycles. The molecule has 0 bridgehead atoms. The summed E-state index contributed by atoms with van der Waals surface area (Å²) in [6.45, 7) is 4.05. The van der Waals surface area contributed by atoms with Gasteiger partial charge in [0.2, 0.25) is 0 Å². The highest BCUT2D eigenvalue weighted by Gasteiger charge is 2.13. The molecule has 4 heteroatoms. The van der Waals surface area contributed by atoms with E-state index in [0.717, 1.165) is 35.7 Å². The second-order valence-corrected chi connectivity index (χ2v) is 4.00. The Kier molecular flexibility index (Phi) is 3.71. The molecule has 0 amide bonds. The molecule has 0 atom stereocenters. The first-order valence-corrected chi connectivity index (χ1v) is 5.82. The van der Waals surface area contributed by atoms with Gasteiger partial charge < -0.3 is 14.8 Å². The standard InChI is InChI=1S/C13H16N2O2/c1-10-8-12-13(17-7-6-16-12)9-11(10)15-5-3-2-4-14/h8-9,15H,2-3,5-7H2,1H3. The molecule has 0 aromatic heterocycles. The number of unbranched alkanes of at least 4 members (excludes halogenated alkanes) is 1. The smallest absolute Gasteiger partial charge is 0.163 e. The SMILES string of the molecule is Cc1cc2c(cc1NCCCC#N)OCCO2. The maximum Gasteiger partial charge on any atom is 0.163 e. The lowest BCUT2D eigenvalue weighted by molar-refractivity contribution is 0.171. The van der Waals surface area contributed by atoms with Gasteiger partial charge in [-0.25, -0.2) is 0 Å². The number of nitrogens with one attached hydrogen (secondary N) is 1. The Labute approximate surface area is 101 Å². The second kappa shape index (κ2) is 5.44. The summed E-state index contributed by atoms with van der Waals surface area (Å²) in [5.41, 5.74) is 2.18. The van der Waals surface area contributed by atoms with E-state index in [-0.39, 0.29) is 0 Å². The minimum Gasteiger partial charge on any atom is -0.486 e. The van der Waals surface area contributed by atoms with Crippen LogP contribution in [0.4, 0.5) is 5.69 Å². The molecule has 0 fully saturated rings. The maximum atomic E-state index is 8.46. The fourth-order valence-electron chi connectivity index (χ4n) is 1.77. The summed E-state index contributed by atoms with van der Waals surface area (Å²) in [5.74, 6) is 1.61. The molecule has 0 saturated heterocycles. The van der Waals surface area contributed by atoms with Crippen LogP contribution in [0.1, 0.15) is 18.4 Å². The number of fused-ring (bicyclic) bond motifs is 1. The first kappa shape index (κ1) is 11.6. The molecule has 17 heavy (non-hydrogen) atoms. The Balaban J connectivity index is 2.04. The summed E-state index contributed by atoms with van der Waals surface area (Å²) in [4.78, 5) is 0. The van der Waals surface area contributed by atoms with Gasteiger partial charge in [-0.1, -0.05) is 0 Å². The highest BCUT2D eigenvalue weighted by molar-refractivity contribution is 5.60. The second-order valence-electron chi connectivity index (χ2n) is 4.00. The van der Waals surface area contributed by atoms with Crippen molar-refractivity contribution in [1.82, 2.24) is 0 Å². The predicted molar refractivity (Wildman–Crippen MR) is 65.5 cm³/mol. The third-order valence-corrected chi connectivity index (χ3v) is 2.67. The molecule has 0 spiro atoms. The third-order valence-electron chi connectivity index (χ3n) is 2.67. The fourth-order valence-corrected chi connectivity index (χ4v) is 1.77. The number of anilines is 1. The summed E-state index contributed by atoms with van der Waals surface area (Å²) < 4.78 is 11.0. The average molecular weight is 232 g/mol. The molecule has 0 aliphatic carbocycles. The van der Waals surface area contributed by atoms with Gasteiger partial charge in [0, 0.05) is 24.7 Å². The molecule has 1 aromatic rings. The lowest BCUT2D eigenvalue weighted by Gasteiger charge is -2.20. The number of ether oxygens (including phenoxy) is 2. The van der Waals surface area contributed by atoms with Crippen LogP contribution in [0.3, 0.4) is 0 Å². The first-order valence-electron chi connectivity index (χ1n) is 5.82. The highest BCUT2D eigenvalue weighted by Crippen LogP contribution is 2.35. The zero-order chi connectivity index (χ0) is 12.1. The van der Waals surface area contributed by atoms with Crippen LogP contribution in [0.15, 0.2) is 12.1 Å². The van der Waals surface area contributed by atoms with Crippen LogP contribution in [-0.4, -0.2) is 19.8 Å². The van der Waals surface area contributed by atoms with E-state index >= 15 is 0 Å². The zero-order valence-corrected chi connectivity index (χ0v) is 9.95. The highest BCUT2D eigenvalue weighted by atomic mass is 16.6. The lowest BCUT2D eigenvalue weighted by Crippen LogP contribution is -2.16. The summed E-state index contributed by atoms with van der Waals surface area (Å²) in [7, 11) is 0. The van der Waals surface area contributed by atoms with Crippen LogP contribution in [0, 0.1) is 18.3 Å². The summed E-state index contributed by atoms with van der Waals surface area (Å²) in [5, 5.41) is 11.8. The Morgan fingerprint density at radius 2 is 2.00 bits per heavy atom. The largest absolute Gasteiger partial charge is 0.486 e. The Bertz CT molecular complexity index is 438. The van der Waals surface area contributed by atoms with Crippen LogP contribution in [-0.2, 0) is 0 Å². The van der Waals surface area contributed by atoms with E-state index in [9.17, 15) is 0 Å². The minimum atomic E-state index is 0.580. The van der Waals surface area contributed by atoms with E-state index < -0.39 is 0 Å². The average Bonchev–Trinajstić information content (AvgIpc) is 2.35. The molecule has 0 radical (unpaired) electrons. The van der Waals surface area contributed by atoms with E-state index in [0.29, 0.717) is 19.6 Å². The van der Waals surface area contributed by atoms with E-state index in [1.807, 2.05) is 19.1 Å². The fraction of sp³-hybridized carbons (Fsp3) is 0.462. The molecule has 0 saturated carbocycles. The molecule has 90 valence electrons. The van der Waals surface area contributed by atoms with Gasteiger partial charge in [-0.3, -0.25) is 0 Å². The van der Waals surface area contributed by atoms with Crippen molar-refractivity contribution < 1.29 is 9.47 Å². The zero-order valence-electron chi connectivity index (χ0n) is 9.95. The molecule has 1 aliphatic heterocycles. The number of benzene rings is 1. The van der Waals surface area contributed by atoms with Gasteiger partial charge in [0.15, 0.2) is 11.5 Å². The van der Waals surface area contributed by atoms with Gasteiger partial charge in [-0.15, -0.1) is 0 Å². The Hall–Kier alpha value is -1.89. The molecule has 1 aliphatic rings. The topological polar surface area (TPSA) is 54.3 Å². The number of nitrogens with zero attached hydrogens (tertiary/aromatic N) is 1. The van der Waals surface area contributed by atoms with Crippen molar-refractivity contribution in [2.75, 3.05) is 25.1 Å². The monoisotopic (exact) mass is 232 g/mol. The van der Waals surface area contributed by atoms with E-state index in [4.69, 9.17) is 14.7 Å². The number of nitriles is 1.